The van der Waals surface area contributed by atoms with Crippen molar-refractivity contribution in [2.75, 3.05) is 0 Å². The summed E-state index contributed by atoms with van der Waals surface area (Å²) in [5.74, 6) is 0.00824. The van der Waals surface area contributed by atoms with Crippen LogP contribution in [0, 0.1) is 14.9 Å². The Labute approximate surface area is 94.1 Å². The van der Waals surface area contributed by atoms with Crippen LogP contribution in [-0.4, -0.2) is 10.1 Å². The van der Waals surface area contributed by atoms with Crippen LogP contribution in [0.15, 0.2) is 24.4 Å². The standard InChI is InChI=1S/C10H5IN2O/c11-7-1-2-8-9(3-7)13-5-6(4-12)10(8)14/h1-3,5H,(H,13,14). The van der Waals surface area contributed by atoms with Gasteiger partial charge in [0.2, 0.25) is 0 Å². The second-order valence-electron chi connectivity index (χ2n) is 2.79. The van der Waals surface area contributed by atoms with Crippen molar-refractivity contribution < 1.29 is 5.11 Å². The SMILES string of the molecule is N#Cc1cnc2cc(I)ccc2c1O. The molecule has 0 radical (unpaired) electrons. The Morgan fingerprint density at radius 2 is 2.21 bits per heavy atom. The molecule has 14 heavy (non-hydrogen) atoms. The van der Waals surface area contributed by atoms with Gasteiger partial charge in [-0.1, -0.05) is 0 Å². The maximum Gasteiger partial charge on any atom is 0.144 e. The second kappa shape index (κ2) is 3.42. The van der Waals surface area contributed by atoms with Gasteiger partial charge in [0.05, 0.1) is 5.52 Å². The first-order chi connectivity index (χ1) is 6.72. The number of pyridine rings is 1. The number of nitrogens with zero attached hydrogens (tertiary/aromatic N) is 2. The normalized spacial score (nSPS) is 10.0. The van der Waals surface area contributed by atoms with Crippen LogP contribution in [-0.2, 0) is 0 Å². The van der Waals surface area contributed by atoms with E-state index in [9.17, 15) is 5.11 Å². The molecule has 68 valence electrons. The van der Waals surface area contributed by atoms with Gasteiger partial charge in [0.15, 0.2) is 0 Å². The van der Waals surface area contributed by atoms with E-state index in [1.54, 1.807) is 6.07 Å². The molecule has 0 atom stereocenters. The summed E-state index contributed by atoms with van der Waals surface area (Å²) < 4.78 is 1.05. The maximum absolute atomic E-state index is 9.68. The molecule has 0 spiro atoms. The molecule has 1 heterocycles. The molecule has 0 aliphatic heterocycles. The zero-order valence-corrected chi connectivity index (χ0v) is 9.19. The molecule has 2 aromatic rings. The highest BCUT2D eigenvalue weighted by Gasteiger charge is 2.06. The second-order valence-corrected chi connectivity index (χ2v) is 4.04. The minimum absolute atomic E-state index is 0.00824. The number of benzene rings is 1. The number of aromatic hydroxyl groups is 1. The molecule has 2 rings (SSSR count). The van der Waals surface area contributed by atoms with Crippen molar-refractivity contribution in [2.24, 2.45) is 0 Å². The van der Waals surface area contributed by atoms with Gasteiger partial charge in [-0.2, -0.15) is 5.26 Å². The van der Waals surface area contributed by atoms with Gasteiger partial charge in [0.25, 0.3) is 0 Å². The summed E-state index contributed by atoms with van der Waals surface area (Å²) in [4.78, 5) is 4.09. The first kappa shape index (κ1) is 9.21. The smallest absolute Gasteiger partial charge is 0.144 e. The first-order valence-corrected chi connectivity index (χ1v) is 4.97. The fourth-order valence-corrected chi connectivity index (χ4v) is 1.71. The van der Waals surface area contributed by atoms with Crippen LogP contribution in [0.25, 0.3) is 10.9 Å². The van der Waals surface area contributed by atoms with Gasteiger partial charge in [-0.25, -0.2) is 0 Å². The summed E-state index contributed by atoms with van der Waals surface area (Å²) in [6, 6.07) is 7.38. The van der Waals surface area contributed by atoms with Crippen molar-refractivity contribution in [1.82, 2.24) is 4.98 Å². The summed E-state index contributed by atoms with van der Waals surface area (Å²) in [6.45, 7) is 0. The summed E-state index contributed by atoms with van der Waals surface area (Å²) in [5.41, 5.74) is 0.909. The minimum atomic E-state index is 0.00824. The Morgan fingerprint density at radius 3 is 2.93 bits per heavy atom. The first-order valence-electron chi connectivity index (χ1n) is 3.89. The lowest BCUT2D eigenvalue weighted by Gasteiger charge is -2.01. The molecule has 0 fully saturated rings. The molecule has 1 aromatic carbocycles. The van der Waals surface area contributed by atoms with Crippen LogP contribution < -0.4 is 0 Å². The van der Waals surface area contributed by atoms with Crippen molar-refractivity contribution in [3.8, 4) is 11.8 Å². The van der Waals surface area contributed by atoms with Crippen LogP contribution in [0.5, 0.6) is 5.75 Å². The van der Waals surface area contributed by atoms with Crippen molar-refractivity contribution in [2.45, 2.75) is 0 Å². The molecule has 3 nitrogen and oxygen atoms in total. The fraction of sp³-hybridized carbons (Fsp3) is 0. The highest BCUT2D eigenvalue weighted by molar-refractivity contribution is 14.1. The van der Waals surface area contributed by atoms with E-state index in [-0.39, 0.29) is 11.3 Å². The number of fused-ring (bicyclic) bond motifs is 1. The van der Waals surface area contributed by atoms with Gasteiger partial charge in [0, 0.05) is 15.2 Å². The molecular weight excluding hydrogens is 291 g/mol. The lowest BCUT2D eigenvalue weighted by atomic mass is 10.1. The number of aromatic nitrogens is 1. The largest absolute Gasteiger partial charge is 0.506 e. The summed E-state index contributed by atoms with van der Waals surface area (Å²) in [6.07, 6.45) is 1.38. The fourth-order valence-electron chi connectivity index (χ4n) is 1.23. The Hall–Kier alpha value is -1.35. The van der Waals surface area contributed by atoms with Crippen LogP contribution in [0.4, 0.5) is 0 Å². The van der Waals surface area contributed by atoms with Gasteiger partial charge in [-0.3, -0.25) is 4.98 Å². The van der Waals surface area contributed by atoms with E-state index in [4.69, 9.17) is 5.26 Å². The molecule has 1 N–H and O–H groups in total. The number of halogens is 1. The predicted octanol–water partition coefficient (Wildman–Crippen LogP) is 2.42. The molecule has 4 heteroatoms. The van der Waals surface area contributed by atoms with Gasteiger partial charge < -0.3 is 5.11 Å². The van der Waals surface area contributed by atoms with E-state index in [0.717, 1.165) is 3.57 Å². The van der Waals surface area contributed by atoms with Crippen molar-refractivity contribution in [1.29, 1.82) is 5.26 Å². The van der Waals surface area contributed by atoms with Crippen LogP contribution in [0.3, 0.4) is 0 Å². The van der Waals surface area contributed by atoms with Crippen LogP contribution >= 0.6 is 22.6 Å². The van der Waals surface area contributed by atoms with E-state index in [0.29, 0.717) is 10.9 Å². The summed E-state index contributed by atoms with van der Waals surface area (Å²) >= 11 is 2.17. The Balaban J connectivity index is 2.85. The Bertz CT molecular complexity index is 546. The van der Waals surface area contributed by atoms with E-state index in [1.165, 1.54) is 6.20 Å². The predicted molar refractivity (Wildman–Crippen MR) is 60.8 cm³/mol. The van der Waals surface area contributed by atoms with Gasteiger partial charge >= 0.3 is 0 Å². The molecule has 0 saturated carbocycles. The van der Waals surface area contributed by atoms with Crippen LogP contribution in [0.1, 0.15) is 5.56 Å². The molecule has 0 saturated heterocycles. The molecule has 0 aliphatic rings. The Kier molecular flexibility index (Phi) is 2.25. The lowest BCUT2D eigenvalue weighted by Crippen LogP contribution is -1.84. The molecular formula is C10H5IN2O. The van der Waals surface area contributed by atoms with Crippen molar-refractivity contribution >= 4 is 33.5 Å². The van der Waals surface area contributed by atoms with Gasteiger partial charge in [-0.05, 0) is 40.8 Å². The minimum Gasteiger partial charge on any atom is -0.506 e. The average Bonchev–Trinajstić information content (AvgIpc) is 2.18. The monoisotopic (exact) mass is 296 g/mol. The third kappa shape index (κ3) is 1.40. The highest BCUT2D eigenvalue weighted by Crippen LogP contribution is 2.27. The lowest BCUT2D eigenvalue weighted by molar-refractivity contribution is 0.479. The number of rotatable bonds is 0. The molecule has 0 aliphatic carbocycles. The topological polar surface area (TPSA) is 56.9 Å². The zero-order chi connectivity index (χ0) is 10.1. The number of hydrogen-bond donors (Lipinski definition) is 1. The summed E-state index contributed by atoms with van der Waals surface area (Å²) in [5, 5.41) is 19.0. The van der Waals surface area contributed by atoms with Crippen molar-refractivity contribution in [3.05, 3.63) is 33.5 Å². The van der Waals surface area contributed by atoms with E-state index >= 15 is 0 Å². The maximum atomic E-state index is 9.68. The molecule has 1 aromatic heterocycles. The van der Waals surface area contributed by atoms with E-state index < -0.39 is 0 Å². The van der Waals surface area contributed by atoms with Crippen molar-refractivity contribution in [3.63, 3.8) is 0 Å². The zero-order valence-electron chi connectivity index (χ0n) is 7.03. The Morgan fingerprint density at radius 1 is 1.43 bits per heavy atom. The van der Waals surface area contributed by atoms with E-state index in [2.05, 4.69) is 27.6 Å². The molecule has 0 bridgehead atoms. The average molecular weight is 296 g/mol. The summed E-state index contributed by atoms with van der Waals surface area (Å²) in [7, 11) is 0. The third-order valence-corrected chi connectivity index (χ3v) is 2.59. The van der Waals surface area contributed by atoms with Crippen LogP contribution in [0.2, 0.25) is 0 Å². The van der Waals surface area contributed by atoms with Gasteiger partial charge in [-0.15, -0.1) is 0 Å². The highest BCUT2D eigenvalue weighted by atomic mass is 127. The molecule has 0 amide bonds. The van der Waals surface area contributed by atoms with Gasteiger partial charge in [0.1, 0.15) is 17.4 Å². The number of nitriles is 1. The third-order valence-electron chi connectivity index (χ3n) is 1.92. The van der Waals surface area contributed by atoms with E-state index in [1.807, 2.05) is 18.2 Å². The number of hydrogen-bond acceptors (Lipinski definition) is 3. The molecule has 0 unspecified atom stereocenters. The quantitative estimate of drug-likeness (QED) is 0.760.